The van der Waals surface area contributed by atoms with Crippen molar-refractivity contribution in [3.63, 3.8) is 0 Å². The monoisotopic (exact) mass is 341 g/mol. The number of sulfonamides is 1. The highest BCUT2D eigenvalue weighted by molar-refractivity contribution is 7.89. The number of hydrogen-bond acceptors (Lipinski definition) is 2. The number of halogens is 3. The highest BCUT2D eigenvalue weighted by atomic mass is 32.2. The Morgan fingerprint density at radius 2 is 1.57 bits per heavy atom. The van der Waals surface area contributed by atoms with E-state index in [4.69, 9.17) is 0 Å². The lowest BCUT2D eigenvalue weighted by molar-refractivity contribution is 0.539. The first-order valence-electron chi connectivity index (χ1n) is 7.03. The van der Waals surface area contributed by atoms with Crippen molar-refractivity contribution in [2.75, 3.05) is 6.54 Å². The summed E-state index contributed by atoms with van der Waals surface area (Å²) in [5, 5.41) is 0. The summed E-state index contributed by atoms with van der Waals surface area (Å²) in [5.74, 6) is -2.20. The summed E-state index contributed by atoms with van der Waals surface area (Å²) in [6.07, 6.45) is 1.49. The van der Waals surface area contributed by atoms with Gasteiger partial charge in [-0.25, -0.2) is 26.3 Å². The minimum atomic E-state index is -4.16. The molecule has 2 aromatic rings. The molecule has 1 saturated carbocycles. The van der Waals surface area contributed by atoms with Crippen LogP contribution >= 0.6 is 0 Å². The van der Waals surface area contributed by atoms with E-state index in [0.29, 0.717) is 6.07 Å². The lowest BCUT2D eigenvalue weighted by atomic mass is 9.96. The van der Waals surface area contributed by atoms with Crippen LogP contribution in [0, 0.1) is 17.5 Å². The van der Waals surface area contributed by atoms with E-state index in [1.165, 1.54) is 12.1 Å². The zero-order valence-corrected chi connectivity index (χ0v) is 12.8. The van der Waals surface area contributed by atoms with Crippen LogP contribution in [-0.2, 0) is 15.4 Å². The number of nitrogens with one attached hydrogen (secondary N) is 1. The lowest BCUT2D eigenvalue weighted by Gasteiger charge is -2.17. The van der Waals surface area contributed by atoms with Crippen molar-refractivity contribution in [2.45, 2.75) is 23.2 Å². The van der Waals surface area contributed by atoms with Crippen molar-refractivity contribution in [3.8, 4) is 0 Å². The molecule has 122 valence electrons. The third-order valence-electron chi connectivity index (χ3n) is 4.09. The molecule has 0 aromatic heterocycles. The molecule has 0 aliphatic heterocycles. The molecular weight excluding hydrogens is 327 g/mol. The van der Waals surface area contributed by atoms with Crippen molar-refractivity contribution in [1.82, 2.24) is 4.72 Å². The minimum absolute atomic E-state index is 0.0525. The maximum Gasteiger partial charge on any atom is 0.243 e. The van der Waals surface area contributed by atoms with Gasteiger partial charge < -0.3 is 0 Å². The second kappa shape index (κ2) is 5.65. The van der Waals surface area contributed by atoms with Crippen LogP contribution in [0.4, 0.5) is 13.2 Å². The van der Waals surface area contributed by atoms with Gasteiger partial charge in [0.25, 0.3) is 0 Å². The SMILES string of the molecule is O=S(=O)(NCC1(c2ccc(F)cc2)CC1)c1cc(F)ccc1F. The Morgan fingerprint density at radius 1 is 0.957 bits per heavy atom. The van der Waals surface area contributed by atoms with Crippen molar-refractivity contribution >= 4 is 10.0 Å². The normalized spacial score (nSPS) is 16.3. The Bertz CT molecular complexity index is 831. The van der Waals surface area contributed by atoms with Crippen LogP contribution in [0.5, 0.6) is 0 Å². The van der Waals surface area contributed by atoms with E-state index < -0.39 is 32.0 Å². The van der Waals surface area contributed by atoms with Crippen LogP contribution in [0.25, 0.3) is 0 Å². The molecule has 0 bridgehead atoms. The average molecular weight is 341 g/mol. The van der Waals surface area contributed by atoms with Gasteiger partial charge >= 0.3 is 0 Å². The Hall–Kier alpha value is -1.86. The van der Waals surface area contributed by atoms with Gasteiger partial charge in [0.2, 0.25) is 10.0 Å². The second-order valence-corrected chi connectivity index (χ2v) is 7.42. The molecule has 0 unspecified atom stereocenters. The molecule has 0 atom stereocenters. The molecule has 3 nitrogen and oxygen atoms in total. The zero-order valence-electron chi connectivity index (χ0n) is 12.0. The quantitative estimate of drug-likeness (QED) is 0.908. The van der Waals surface area contributed by atoms with Gasteiger partial charge in [-0.1, -0.05) is 12.1 Å². The minimum Gasteiger partial charge on any atom is -0.210 e. The number of hydrogen-bond donors (Lipinski definition) is 1. The molecule has 1 aliphatic rings. The third kappa shape index (κ3) is 3.25. The van der Waals surface area contributed by atoms with Gasteiger partial charge in [0, 0.05) is 12.0 Å². The van der Waals surface area contributed by atoms with Crippen LogP contribution in [0.2, 0.25) is 0 Å². The van der Waals surface area contributed by atoms with E-state index in [-0.39, 0.29) is 12.4 Å². The Balaban J connectivity index is 1.79. The van der Waals surface area contributed by atoms with E-state index >= 15 is 0 Å². The van der Waals surface area contributed by atoms with Crippen molar-refractivity contribution in [1.29, 1.82) is 0 Å². The molecule has 23 heavy (non-hydrogen) atoms. The zero-order chi connectivity index (χ0) is 16.7. The molecule has 0 saturated heterocycles. The van der Waals surface area contributed by atoms with Crippen molar-refractivity contribution in [3.05, 3.63) is 65.5 Å². The van der Waals surface area contributed by atoms with Gasteiger partial charge in [-0.15, -0.1) is 0 Å². The van der Waals surface area contributed by atoms with Gasteiger partial charge in [-0.2, -0.15) is 0 Å². The molecular formula is C16H14F3NO2S. The molecule has 7 heteroatoms. The molecule has 3 rings (SSSR count). The fourth-order valence-corrected chi connectivity index (χ4v) is 3.73. The van der Waals surface area contributed by atoms with E-state index in [9.17, 15) is 21.6 Å². The predicted molar refractivity (Wildman–Crippen MR) is 78.9 cm³/mol. The summed E-state index contributed by atoms with van der Waals surface area (Å²) >= 11 is 0. The summed E-state index contributed by atoms with van der Waals surface area (Å²) < 4.78 is 66.5. The Kier molecular flexibility index (Phi) is 3.93. The maximum absolute atomic E-state index is 13.6. The van der Waals surface area contributed by atoms with Gasteiger partial charge in [0.1, 0.15) is 22.3 Å². The van der Waals surface area contributed by atoms with Gasteiger partial charge in [0.05, 0.1) is 0 Å². The topological polar surface area (TPSA) is 46.2 Å². The summed E-state index contributed by atoms with van der Waals surface area (Å²) in [4.78, 5) is -0.715. The molecule has 1 aliphatic carbocycles. The molecule has 0 amide bonds. The first kappa shape index (κ1) is 16.0. The van der Waals surface area contributed by atoms with E-state index in [1.807, 2.05) is 0 Å². The summed E-state index contributed by atoms with van der Waals surface area (Å²) in [7, 11) is -4.16. The lowest BCUT2D eigenvalue weighted by Crippen LogP contribution is -2.32. The largest absolute Gasteiger partial charge is 0.243 e. The van der Waals surface area contributed by atoms with Crippen LogP contribution in [0.15, 0.2) is 47.4 Å². The molecule has 1 N–H and O–H groups in total. The molecule has 1 fully saturated rings. The summed E-state index contributed by atoms with van der Waals surface area (Å²) in [5.41, 5.74) is 0.409. The molecule has 0 heterocycles. The van der Waals surface area contributed by atoms with E-state index in [2.05, 4.69) is 4.72 Å². The predicted octanol–water partition coefficient (Wildman–Crippen LogP) is 3.11. The van der Waals surface area contributed by atoms with Crippen LogP contribution in [0.3, 0.4) is 0 Å². The van der Waals surface area contributed by atoms with Crippen molar-refractivity contribution < 1.29 is 21.6 Å². The third-order valence-corrected chi connectivity index (χ3v) is 5.51. The van der Waals surface area contributed by atoms with Crippen molar-refractivity contribution in [2.24, 2.45) is 0 Å². The standard InChI is InChI=1S/C16H14F3NO2S/c17-12-3-1-11(2-4-12)16(7-8-16)10-20-23(21,22)15-9-13(18)5-6-14(15)19/h1-6,9,20H,7-8,10H2. The maximum atomic E-state index is 13.6. The Morgan fingerprint density at radius 3 is 2.17 bits per heavy atom. The van der Waals surface area contributed by atoms with Gasteiger partial charge in [-0.3, -0.25) is 0 Å². The van der Waals surface area contributed by atoms with Crippen LogP contribution < -0.4 is 4.72 Å². The smallest absolute Gasteiger partial charge is 0.210 e. The summed E-state index contributed by atoms with van der Waals surface area (Å²) in [6, 6.07) is 8.13. The van der Waals surface area contributed by atoms with Gasteiger partial charge in [0.15, 0.2) is 0 Å². The summed E-state index contributed by atoms with van der Waals surface area (Å²) in [6.45, 7) is 0.0525. The van der Waals surface area contributed by atoms with E-state index in [1.54, 1.807) is 12.1 Å². The van der Waals surface area contributed by atoms with Crippen LogP contribution in [0.1, 0.15) is 18.4 Å². The highest BCUT2D eigenvalue weighted by Gasteiger charge is 2.45. The average Bonchev–Trinajstić information content (AvgIpc) is 3.30. The van der Waals surface area contributed by atoms with Gasteiger partial charge in [-0.05, 0) is 48.7 Å². The number of benzene rings is 2. The molecule has 2 aromatic carbocycles. The Labute approximate surface area is 132 Å². The van der Waals surface area contributed by atoms with E-state index in [0.717, 1.165) is 30.5 Å². The fourth-order valence-electron chi connectivity index (χ4n) is 2.52. The molecule has 0 radical (unpaired) electrons. The number of rotatable bonds is 5. The second-order valence-electron chi connectivity index (χ2n) is 5.69. The highest BCUT2D eigenvalue weighted by Crippen LogP contribution is 2.47. The molecule has 0 spiro atoms. The van der Waals surface area contributed by atoms with Crippen LogP contribution in [-0.4, -0.2) is 15.0 Å². The fraction of sp³-hybridized carbons (Fsp3) is 0.250. The first-order valence-corrected chi connectivity index (χ1v) is 8.52. The first-order chi connectivity index (χ1) is 10.8.